The van der Waals surface area contributed by atoms with Gasteiger partial charge in [0.15, 0.2) is 0 Å². The number of halogens is 4. The molecular formula is H4Cl4Pd. The molecule has 5 heavy (non-hydrogen) atoms. The molecule has 0 amide bonds. The van der Waals surface area contributed by atoms with Gasteiger partial charge in [0, 0.05) is 20.4 Å². The number of rotatable bonds is 0. The van der Waals surface area contributed by atoms with Gasteiger partial charge in [0.2, 0.25) is 0 Å². The van der Waals surface area contributed by atoms with Gasteiger partial charge in [0.1, 0.15) is 0 Å². The van der Waals surface area contributed by atoms with E-state index >= 15 is 0 Å². The van der Waals surface area contributed by atoms with Crippen molar-refractivity contribution in [2.24, 2.45) is 0 Å². The van der Waals surface area contributed by atoms with Crippen molar-refractivity contribution in [3.63, 3.8) is 0 Å². The van der Waals surface area contributed by atoms with Crippen LogP contribution in [0.4, 0.5) is 0 Å². The van der Waals surface area contributed by atoms with E-state index < -0.39 is 0 Å². The molecule has 0 heterocycles. The Morgan fingerprint density at radius 3 is 0.400 bits per heavy atom. The molecule has 0 fully saturated rings. The van der Waals surface area contributed by atoms with Crippen molar-refractivity contribution in [2.75, 3.05) is 0 Å². The molecule has 0 unspecified atom stereocenters. The van der Waals surface area contributed by atoms with Gasteiger partial charge in [-0.25, -0.2) is 0 Å². The minimum atomic E-state index is 0. The molecule has 0 aliphatic heterocycles. The fourth-order valence-electron chi connectivity index (χ4n) is 0. The van der Waals surface area contributed by atoms with Gasteiger partial charge < -0.3 is 0 Å². The van der Waals surface area contributed by atoms with E-state index in [2.05, 4.69) is 0 Å². The monoisotopic (exact) mass is 250 g/mol. The molecule has 0 aromatic rings. The van der Waals surface area contributed by atoms with Crippen molar-refractivity contribution in [3.05, 3.63) is 0 Å². The molecule has 0 spiro atoms. The Labute approximate surface area is 69.8 Å². The minimum absolute atomic E-state index is 0. The van der Waals surface area contributed by atoms with Gasteiger partial charge in [-0.2, -0.15) is 0 Å². The van der Waals surface area contributed by atoms with Crippen molar-refractivity contribution in [2.45, 2.75) is 0 Å². The van der Waals surface area contributed by atoms with Gasteiger partial charge in [0.05, 0.1) is 0 Å². The molecule has 0 saturated carbocycles. The van der Waals surface area contributed by atoms with Gasteiger partial charge in [-0.1, -0.05) is 0 Å². The summed E-state index contributed by atoms with van der Waals surface area (Å²) in [6.45, 7) is 0. The summed E-state index contributed by atoms with van der Waals surface area (Å²) in [6.07, 6.45) is 0. The Bertz CT molecular complexity index is 3.61. The molecule has 0 aliphatic carbocycles. The molecule has 0 saturated heterocycles. The van der Waals surface area contributed by atoms with Gasteiger partial charge in [-0.15, -0.1) is 49.6 Å². The van der Waals surface area contributed by atoms with Crippen molar-refractivity contribution < 1.29 is 20.4 Å². The van der Waals surface area contributed by atoms with Crippen molar-refractivity contribution in [1.82, 2.24) is 0 Å². The van der Waals surface area contributed by atoms with Crippen LogP contribution in [0.15, 0.2) is 0 Å². The van der Waals surface area contributed by atoms with Crippen LogP contribution in [0, 0.1) is 0 Å². The van der Waals surface area contributed by atoms with Crippen molar-refractivity contribution in [1.29, 1.82) is 0 Å². The smallest absolute Gasteiger partial charge is 0 e. The van der Waals surface area contributed by atoms with Crippen LogP contribution in [0.3, 0.4) is 0 Å². The normalized spacial score (nSPS) is 0. The van der Waals surface area contributed by atoms with E-state index in [9.17, 15) is 0 Å². The third-order valence-electron chi connectivity index (χ3n) is 0. The van der Waals surface area contributed by atoms with Gasteiger partial charge >= 0.3 is 0 Å². The first-order valence-corrected chi connectivity index (χ1v) is 0. The average Bonchev–Trinajstić information content (AvgIpc) is 0. The van der Waals surface area contributed by atoms with Crippen LogP contribution < -0.4 is 0 Å². The molecule has 42 valence electrons. The minimum Gasteiger partial charge on any atom is -0.147 e. The zero-order valence-electron chi connectivity index (χ0n) is 1.95. The summed E-state index contributed by atoms with van der Waals surface area (Å²) < 4.78 is 0. The standard InChI is InChI=1S/4ClH.Pd/h4*1H;. The second kappa shape index (κ2) is 40.8. The molecule has 0 aliphatic rings. The third kappa shape index (κ3) is 25.6. The van der Waals surface area contributed by atoms with Crippen molar-refractivity contribution >= 4 is 49.6 Å². The molecular weight excluding hydrogens is 248 g/mol. The molecule has 0 rings (SSSR count). The number of hydrogen-bond donors (Lipinski definition) is 0. The molecule has 0 aromatic heterocycles. The Morgan fingerprint density at radius 2 is 0.400 bits per heavy atom. The molecule has 0 bridgehead atoms. The Kier molecular flexibility index (Phi) is 568. The van der Waals surface area contributed by atoms with Crippen LogP contribution in [0.1, 0.15) is 0 Å². The van der Waals surface area contributed by atoms with Crippen LogP contribution in [-0.4, -0.2) is 0 Å². The molecule has 0 atom stereocenters. The molecule has 0 nitrogen and oxygen atoms in total. The topological polar surface area (TPSA) is 0 Å². The Balaban J connectivity index is 0. The molecule has 5 heteroatoms. The first-order valence-electron chi connectivity index (χ1n) is 0. The maximum Gasteiger partial charge on any atom is 0 e. The van der Waals surface area contributed by atoms with E-state index in [0.29, 0.717) is 0 Å². The molecule has 0 N–H and O–H groups in total. The summed E-state index contributed by atoms with van der Waals surface area (Å²) in [5.74, 6) is 0. The fraction of sp³-hybridized carbons (Fsp3) is 0. The maximum absolute atomic E-state index is 0. The van der Waals surface area contributed by atoms with E-state index in [1.165, 1.54) is 0 Å². The summed E-state index contributed by atoms with van der Waals surface area (Å²) >= 11 is 0. The van der Waals surface area contributed by atoms with Crippen LogP contribution in [0.2, 0.25) is 0 Å². The summed E-state index contributed by atoms with van der Waals surface area (Å²) in [4.78, 5) is 0. The Hall–Kier alpha value is 1.82. The summed E-state index contributed by atoms with van der Waals surface area (Å²) in [5, 5.41) is 0. The van der Waals surface area contributed by atoms with E-state index in [-0.39, 0.29) is 70.1 Å². The summed E-state index contributed by atoms with van der Waals surface area (Å²) in [7, 11) is 0. The van der Waals surface area contributed by atoms with Crippen LogP contribution in [0.25, 0.3) is 0 Å². The van der Waals surface area contributed by atoms with Crippen LogP contribution >= 0.6 is 49.6 Å². The first-order chi connectivity index (χ1) is 0. The van der Waals surface area contributed by atoms with E-state index in [4.69, 9.17) is 0 Å². The van der Waals surface area contributed by atoms with E-state index in [1.807, 2.05) is 0 Å². The number of hydrogen-bond acceptors (Lipinski definition) is 0. The zero-order chi connectivity index (χ0) is 0. The summed E-state index contributed by atoms with van der Waals surface area (Å²) in [5.41, 5.74) is 0. The molecule has 0 radical (unpaired) electrons. The average molecular weight is 252 g/mol. The fourth-order valence-corrected chi connectivity index (χ4v) is 0. The second-order valence-electron chi connectivity index (χ2n) is 0. The van der Waals surface area contributed by atoms with Crippen LogP contribution in [-0.2, 0) is 20.4 Å². The van der Waals surface area contributed by atoms with Gasteiger partial charge in [-0.3, -0.25) is 0 Å². The van der Waals surface area contributed by atoms with E-state index in [1.54, 1.807) is 0 Å². The second-order valence-corrected chi connectivity index (χ2v) is 0. The third-order valence-corrected chi connectivity index (χ3v) is 0. The maximum atomic E-state index is 0. The summed E-state index contributed by atoms with van der Waals surface area (Å²) in [6, 6.07) is 0. The Morgan fingerprint density at radius 1 is 0.400 bits per heavy atom. The zero-order valence-corrected chi connectivity index (χ0v) is 6.77. The molecule has 0 aromatic carbocycles. The van der Waals surface area contributed by atoms with E-state index in [0.717, 1.165) is 0 Å². The van der Waals surface area contributed by atoms with Gasteiger partial charge in [0.25, 0.3) is 0 Å². The SMILES string of the molecule is Cl.Cl.Cl.Cl.[Pd]. The van der Waals surface area contributed by atoms with Gasteiger partial charge in [-0.05, 0) is 0 Å². The predicted octanol–water partition coefficient (Wildman–Crippen LogP) is 1.68. The quantitative estimate of drug-likeness (QED) is 0.575. The van der Waals surface area contributed by atoms with Crippen LogP contribution in [0.5, 0.6) is 0 Å². The van der Waals surface area contributed by atoms with Crippen molar-refractivity contribution in [3.8, 4) is 0 Å². The predicted molar refractivity (Wildman–Crippen MR) is 29.0 cm³/mol. The largest absolute Gasteiger partial charge is 0.147 e. The first kappa shape index (κ1) is 69.6.